The highest BCUT2D eigenvalue weighted by molar-refractivity contribution is 5.84. The minimum atomic E-state index is -1.87. The summed E-state index contributed by atoms with van der Waals surface area (Å²) in [4.78, 5) is 22.3. The Balaban J connectivity index is 1.93. The summed E-state index contributed by atoms with van der Waals surface area (Å²) >= 11 is 0. The van der Waals surface area contributed by atoms with E-state index in [1.807, 2.05) is 0 Å². The molecule has 1 saturated heterocycles. The fourth-order valence-electron chi connectivity index (χ4n) is 2.47. The number of rotatable bonds is 3. The van der Waals surface area contributed by atoms with E-state index in [-0.39, 0.29) is 11.3 Å². The summed E-state index contributed by atoms with van der Waals surface area (Å²) in [5, 5.41) is 48.8. The number of fused-ring (bicyclic) bond motifs is 1. The first kappa shape index (κ1) is 17.2. The van der Waals surface area contributed by atoms with Gasteiger partial charge in [-0.05, 0) is 18.2 Å². The van der Waals surface area contributed by atoms with Crippen LogP contribution in [0.1, 0.15) is 0 Å². The van der Waals surface area contributed by atoms with Crippen molar-refractivity contribution >= 4 is 16.9 Å². The van der Waals surface area contributed by atoms with Gasteiger partial charge in [0.15, 0.2) is 17.4 Å². The summed E-state index contributed by atoms with van der Waals surface area (Å²) < 4.78 is 15.1. The Kier molecular flexibility index (Phi) is 4.35. The summed E-state index contributed by atoms with van der Waals surface area (Å²) in [6, 6.07) is 5.30. The zero-order valence-electron chi connectivity index (χ0n) is 12.5. The molecule has 1 aromatic carbocycles. The van der Waals surface area contributed by atoms with E-state index in [1.54, 1.807) is 0 Å². The zero-order chi connectivity index (χ0) is 18.3. The maximum atomic E-state index is 11.3. The van der Waals surface area contributed by atoms with Crippen molar-refractivity contribution in [3.8, 4) is 11.5 Å². The molecule has 1 aliphatic rings. The Labute approximate surface area is 139 Å². The summed E-state index contributed by atoms with van der Waals surface area (Å²) in [7, 11) is 0. The van der Waals surface area contributed by atoms with Gasteiger partial charge in [-0.25, -0.2) is 9.59 Å². The third-order valence-corrected chi connectivity index (χ3v) is 3.78. The van der Waals surface area contributed by atoms with Crippen LogP contribution in [0.3, 0.4) is 0 Å². The van der Waals surface area contributed by atoms with E-state index in [1.165, 1.54) is 18.2 Å². The SMILES string of the molecule is O=C(O)[C@H]1O[C@@H](Oc2ccc3ccc(=O)oc3c2O)[C@H](O)[C@@H](O)[C@@H]1O. The lowest BCUT2D eigenvalue weighted by Crippen LogP contribution is -2.61. The van der Waals surface area contributed by atoms with E-state index in [9.17, 15) is 30.0 Å². The number of aliphatic carboxylic acids is 1. The van der Waals surface area contributed by atoms with Gasteiger partial charge in [-0.1, -0.05) is 0 Å². The normalized spacial score (nSPS) is 29.5. The van der Waals surface area contributed by atoms with E-state index in [0.717, 1.165) is 6.07 Å². The summed E-state index contributed by atoms with van der Waals surface area (Å²) in [6.45, 7) is 0. The predicted octanol–water partition coefficient (Wildman–Crippen LogP) is -1.23. The first-order valence-electron chi connectivity index (χ1n) is 7.14. The van der Waals surface area contributed by atoms with Gasteiger partial charge < -0.3 is 39.4 Å². The number of phenolic OH excluding ortho intramolecular Hbond substituents is 1. The van der Waals surface area contributed by atoms with Gasteiger partial charge in [0.1, 0.15) is 18.3 Å². The van der Waals surface area contributed by atoms with Gasteiger partial charge in [-0.3, -0.25) is 0 Å². The van der Waals surface area contributed by atoms with Gasteiger partial charge in [-0.15, -0.1) is 0 Å². The lowest BCUT2D eigenvalue weighted by Gasteiger charge is -2.38. The highest BCUT2D eigenvalue weighted by atomic mass is 16.7. The van der Waals surface area contributed by atoms with Crippen molar-refractivity contribution in [1.29, 1.82) is 0 Å². The van der Waals surface area contributed by atoms with E-state index < -0.39 is 48.1 Å². The maximum Gasteiger partial charge on any atom is 0.336 e. The molecule has 0 spiro atoms. The minimum Gasteiger partial charge on any atom is -0.502 e. The molecule has 1 aromatic heterocycles. The summed E-state index contributed by atoms with van der Waals surface area (Å²) in [5.41, 5.74) is -0.885. The van der Waals surface area contributed by atoms with Crippen LogP contribution in [0.4, 0.5) is 0 Å². The lowest BCUT2D eigenvalue weighted by atomic mass is 9.99. The van der Waals surface area contributed by atoms with Gasteiger partial charge in [0.2, 0.25) is 12.0 Å². The van der Waals surface area contributed by atoms with Gasteiger partial charge in [-0.2, -0.15) is 0 Å². The number of ether oxygens (including phenoxy) is 2. The lowest BCUT2D eigenvalue weighted by molar-refractivity contribution is -0.271. The van der Waals surface area contributed by atoms with Crippen LogP contribution in [0, 0.1) is 0 Å². The van der Waals surface area contributed by atoms with Crippen LogP contribution >= 0.6 is 0 Å². The fraction of sp³-hybridized carbons (Fsp3) is 0.333. The van der Waals surface area contributed by atoms with Crippen molar-refractivity contribution in [3.63, 3.8) is 0 Å². The van der Waals surface area contributed by atoms with Crippen molar-refractivity contribution in [1.82, 2.24) is 0 Å². The number of phenols is 1. The predicted molar refractivity (Wildman–Crippen MR) is 79.1 cm³/mol. The Morgan fingerprint density at radius 1 is 1.04 bits per heavy atom. The molecule has 0 unspecified atom stereocenters. The molecule has 2 aromatic rings. The minimum absolute atomic E-state index is 0.175. The molecule has 0 radical (unpaired) electrons. The van der Waals surface area contributed by atoms with Crippen LogP contribution in [0.5, 0.6) is 11.5 Å². The van der Waals surface area contributed by atoms with Crippen LogP contribution < -0.4 is 10.4 Å². The van der Waals surface area contributed by atoms with Gasteiger partial charge >= 0.3 is 11.6 Å². The highest BCUT2D eigenvalue weighted by Crippen LogP contribution is 2.35. The van der Waals surface area contributed by atoms with Crippen molar-refractivity contribution < 1.29 is 44.2 Å². The molecule has 5 N–H and O–H groups in total. The molecule has 5 atom stereocenters. The number of aromatic hydroxyl groups is 1. The molecule has 0 aliphatic carbocycles. The number of hydrogen-bond donors (Lipinski definition) is 5. The first-order valence-corrected chi connectivity index (χ1v) is 7.14. The third kappa shape index (κ3) is 3.03. The van der Waals surface area contributed by atoms with Crippen LogP contribution in [0.25, 0.3) is 11.0 Å². The molecular formula is C15H14O10. The topological polar surface area (TPSA) is 167 Å². The number of carbonyl (C=O) groups is 1. The largest absolute Gasteiger partial charge is 0.502 e. The molecule has 0 bridgehead atoms. The average molecular weight is 354 g/mol. The number of benzene rings is 1. The van der Waals surface area contributed by atoms with Crippen molar-refractivity contribution in [3.05, 3.63) is 34.7 Å². The monoisotopic (exact) mass is 354 g/mol. The average Bonchev–Trinajstić information content (AvgIpc) is 2.57. The van der Waals surface area contributed by atoms with Crippen molar-refractivity contribution in [2.75, 3.05) is 0 Å². The molecule has 25 heavy (non-hydrogen) atoms. The van der Waals surface area contributed by atoms with E-state index in [0.29, 0.717) is 5.39 Å². The molecule has 1 fully saturated rings. The Hall–Kier alpha value is -2.66. The number of hydrogen-bond acceptors (Lipinski definition) is 9. The second-order valence-corrected chi connectivity index (χ2v) is 5.44. The van der Waals surface area contributed by atoms with Crippen LogP contribution in [-0.4, -0.2) is 62.2 Å². The highest BCUT2D eigenvalue weighted by Gasteiger charge is 2.48. The Bertz CT molecular complexity index is 859. The van der Waals surface area contributed by atoms with E-state index >= 15 is 0 Å². The Morgan fingerprint density at radius 2 is 1.72 bits per heavy atom. The van der Waals surface area contributed by atoms with Crippen molar-refractivity contribution in [2.24, 2.45) is 0 Å². The number of aliphatic hydroxyl groups excluding tert-OH is 3. The number of aliphatic hydroxyl groups is 3. The van der Waals surface area contributed by atoms with Crippen LogP contribution in [-0.2, 0) is 9.53 Å². The van der Waals surface area contributed by atoms with Crippen LogP contribution in [0.2, 0.25) is 0 Å². The summed E-state index contributed by atoms with van der Waals surface area (Å²) in [5.74, 6) is -2.42. The molecule has 1 aliphatic heterocycles. The number of carboxylic acids is 1. The van der Waals surface area contributed by atoms with E-state index in [2.05, 4.69) is 0 Å². The zero-order valence-corrected chi connectivity index (χ0v) is 12.5. The molecule has 134 valence electrons. The fourth-order valence-corrected chi connectivity index (χ4v) is 2.47. The standard InChI is InChI=1S/C15H14O10/c16-7-4-2-5-1-3-6(8(17)12(5)24-7)23-15-11(20)9(18)10(19)13(25-15)14(21)22/h1-4,9-11,13,15,17-20H,(H,21,22)/t9-,10-,11+,13-,15+/m0/s1. The van der Waals surface area contributed by atoms with Gasteiger partial charge in [0, 0.05) is 11.5 Å². The third-order valence-electron chi connectivity index (χ3n) is 3.78. The van der Waals surface area contributed by atoms with Gasteiger partial charge in [0.25, 0.3) is 0 Å². The van der Waals surface area contributed by atoms with Crippen molar-refractivity contribution in [2.45, 2.75) is 30.7 Å². The Morgan fingerprint density at radius 3 is 2.40 bits per heavy atom. The second kappa shape index (κ2) is 6.33. The molecule has 0 saturated carbocycles. The molecule has 10 heteroatoms. The van der Waals surface area contributed by atoms with E-state index in [4.69, 9.17) is 19.0 Å². The first-order chi connectivity index (χ1) is 11.8. The van der Waals surface area contributed by atoms with Crippen LogP contribution in [0.15, 0.2) is 33.5 Å². The molecule has 10 nitrogen and oxygen atoms in total. The molecule has 3 rings (SSSR count). The molecule has 2 heterocycles. The maximum absolute atomic E-state index is 11.3. The molecular weight excluding hydrogens is 340 g/mol. The second-order valence-electron chi connectivity index (χ2n) is 5.44. The number of carboxylic acid groups (broad SMARTS) is 1. The smallest absolute Gasteiger partial charge is 0.336 e. The quantitative estimate of drug-likeness (QED) is 0.421. The summed E-state index contributed by atoms with van der Waals surface area (Å²) in [6.07, 6.45) is -9.04. The van der Waals surface area contributed by atoms with Gasteiger partial charge in [0.05, 0.1) is 0 Å². The molecule has 0 amide bonds.